The van der Waals surface area contributed by atoms with Gasteiger partial charge in [-0.05, 0) is 42.7 Å². The zero-order chi connectivity index (χ0) is 21.2. The molecule has 1 aromatic carbocycles. The molecule has 0 aliphatic carbocycles. The van der Waals surface area contributed by atoms with Crippen molar-refractivity contribution in [3.8, 4) is 11.5 Å². The molecular weight excluding hydrogens is 382 g/mol. The molecule has 1 aliphatic heterocycles. The third-order valence-electron chi connectivity index (χ3n) is 5.27. The van der Waals surface area contributed by atoms with Crippen molar-refractivity contribution in [1.29, 1.82) is 0 Å². The van der Waals surface area contributed by atoms with Crippen molar-refractivity contribution in [3.05, 3.63) is 54.4 Å². The zero-order valence-corrected chi connectivity index (χ0v) is 17.5. The van der Waals surface area contributed by atoms with Gasteiger partial charge in [0.1, 0.15) is 11.5 Å². The highest BCUT2D eigenvalue weighted by atomic mass is 16.5. The molecule has 0 radical (unpaired) electrons. The fourth-order valence-electron chi connectivity index (χ4n) is 3.82. The number of carbonyl (C=O) groups is 1. The Morgan fingerprint density at radius 3 is 2.83 bits per heavy atom. The van der Waals surface area contributed by atoms with Crippen LogP contribution in [0.4, 0.5) is 0 Å². The molecule has 0 bridgehead atoms. The second kappa shape index (κ2) is 11.5. The minimum atomic E-state index is -0.0825. The average molecular weight is 414 g/mol. The number of ether oxygens (including phenoxy) is 2. The summed E-state index contributed by atoms with van der Waals surface area (Å²) in [4.78, 5) is 19.1. The van der Waals surface area contributed by atoms with Crippen LogP contribution in [-0.2, 0) is 16.1 Å². The topological polar surface area (TPSA) is 83.9 Å². The van der Waals surface area contributed by atoms with Gasteiger partial charge in [-0.3, -0.25) is 14.7 Å². The van der Waals surface area contributed by atoms with E-state index in [-0.39, 0.29) is 23.5 Å². The Kier molecular flexibility index (Phi) is 8.47. The molecule has 162 valence electrons. The van der Waals surface area contributed by atoms with Crippen molar-refractivity contribution in [2.24, 2.45) is 11.8 Å². The standard InChI is InChI=1S/C23H31N3O4/c1-29-11-3-10-25-23(28)20-12-19(17-30-22-4-2-9-24-13-22)15-26(16-20)14-18-5-7-21(27)8-6-18/h2,4-9,13,19-20,27H,3,10-12,14-17H2,1H3,(H,25,28)/t19-,20+/m0/s1. The molecule has 0 unspecified atom stereocenters. The van der Waals surface area contributed by atoms with E-state index in [1.165, 1.54) is 0 Å². The minimum absolute atomic E-state index is 0.0825. The molecule has 2 N–H and O–H groups in total. The quantitative estimate of drug-likeness (QED) is 0.582. The molecule has 2 heterocycles. The molecule has 1 aliphatic rings. The molecule has 2 atom stereocenters. The lowest BCUT2D eigenvalue weighted by Crippen LogP contribution is -2.47. The number of methoxy groups -OCH3 is 1. The molecule has 7 heteroatoms. The van der Waals surface area contributed by atoms with Gasteiger partial charge >= 0.3 is 0 Å². The number of carbonyl (C=O) groups excluding carboxylic acids is 1. The lowest BCUT2D eigenvalue weighted by molar-refractivity contribution is -0.127. The van der Waals surface area contributed by atoms with Gasteiger partial charge in [-0.15, -0.1) is 0 Å². The third kappa shape index (κ3) is 7.00. The molecule has 7 nitrogen and oxygen atoms in total. The normalized spacial score (nSPS) is 19.4. The number of hydrogen-bond acceptors (Lipinski definition) is 6. The van der Waals surface area contributed by atoms with Crippen LogP contribution >= 0.6 is 0 Å². The number of hydrogen-bond donors (Lipinski definition) is 2. The summed E-state index contributed by atoms with van der Waals surface area (Å²) in [6.07, 6.45) is 5.02. The number of rotatable bonds is 10. The van der Waals surface area contributed by atoms with Crippen molar-refractivity contribution in [2.75, 3.05) is 40.0 Å². The number of aromatic nitrogens is 1. The largest absolute Gasteiger partial charge is 0.508 e. The maximum Gasteiger partial charge on any atom is 0.224 e. The monoisotopic (exact) mass is 413 g/mol. The Bertz CT molecular complexity index is 770. The van der Waals surface area contributed by atoms with E-state index in [0.717, 1.165) is 37.2 Å². The second-order valence-electron chi connectivity index (χ2n) is 7.80. The smallest absolute Gasteiger partial charge is 0.224 e. The Hall–Kier alpha value is -2.64. The van der Waals surface area contributed by atoms with Crippen LogP contribution in [0.25, 0.3) is 0 Å². The first-order chi connectivity index (χ1) is 14.6. The number of likely N-dealkylation sites (tertiary alicyclic amines) is 1. The highest BCUT2D eigenvalue weighted by Crippen LogP contribution is 2.25. The van der Waals surface area contributed by atoms with Gasteiger partial charge in [0.2, 0.25) is 5.91 Å². The second-order valence-corrected chi connectivity index (χ2v) is 7.80. The van der Waals surface area contributed by atoms with Crippen LogP contribution in [-0.4, -0.2) is 60.9 Å². The summed E-state index contributed by atoms with van der Waals surface area (Å²) < 4.78 is 11.0. The van der Waals surface area contributed by atoms with Crippen molar-refractivity contribution in [2.45, 2.75) is 19.4 Å². The first-order valence-corrected chi connectivity index (χ1v) is 10.4. The molecule has 0 spiro atoms. The number of phenols is 1. The van der Waals surface area contributed by atoms with Gasteiger partial charge in [0.05, 0.1) is 18.7 Å². The van der Waals surface area contributed by atoms with E-state index in [0.29, 0.717) is 26.3 Å². The zero-order valence-electron chi connectivity index (χ0n) is 17.5. The number of piperidine rings is 1. The van der Waals surface area contributed by atoms with E-state index in [1.807, 2.05) is 24.3 Å². The lowest BCUT2D eigenvalue weighted by Gasteiger charge is -2.37. The summed E-state index contributed by atoms with van der Waals surface area (Å²) in [7, 11) is 1.66. The summed E-state index contributed by atoms with van der Waals surface area (Å²) in [6, 6.07) is 11.0. The van der Waals surface area contributed by atoms with Gasteiger partial charge in [-0.1, -0.05) is 12.1 Å². The van der Waals surface area contributed by atoms with Gasteiger partial charge in [-0.2, -0.15) is 0 Å². The summed E-state index contributed by atoms with van der Waals surface area (Å²) >= 11 is 0. The Morgan fingerprint density at radius 2 is 2.10 bits per heavy atom. The van der Waals surface area contributed by atoms with Crippen LogP contribution in [0.1, 0.15) is 18.4 Å². The Morgan fingerprint density at radius 1 is 1.27 bits per heavy atom. The predicted molar refractivity (Wildman–Crippen MR) is 114 cm³/mol. The van der Waals surface area contributed by atoms with E-state index in [2.05, 4.69) is 15.2 Å². The van der Waals surface area contributed by atoms with Crippen molar-refractivity contribution >= 4 is 5.91 Å². The van der Waals surface area contributed by atoms with Crippen molar-refractivity contribution in [3.63, 3.8) is 0 Å². The highest BCUT2D eigenvalue weighted by molar-refractivity contribution is 5.79. The highest BCUT2D eigenvalue weighted by Gasteiger charge is 2.32. The number of aromatic hydroxyl groups is 1. The first-order valence-electron chi connectivity index (χ1n) is 10.4. The SMILES string of the molecule is COCCCNC(=O)[C@@H]1C[C@H](COc2cccnc2)CN(Cc2ccc(O)cc2)C1. The predicted octanol–water partition coefficient (Wildman–Crippen LogP) is 2.46. The van der Waals surface area contributed by atoms with Crippen LogP contribution in [0.3, 0.4) is 0 Å². The summed E-state index contributed by atoms with van der Waals surface area (Å²) in [5.74, 6) is 1.25. The fraction of sp³-hybridized carbons (Fsp3) is 0.478. The summed E-state index contributed by atoms with van der Waals surface area (Å²) in [5, 5.41) is 12.6. The van der Waals surface area contributed by atoms with Crippen molar-refractivity contribution in [1.82, 2.24) is 15.2 Å². The molecule has 1 saturated heterocycles. The molecule has 3 rings (SSSR count). The molecule has 0 saturated carbocycles. The van der Waals surface area contributed by atoms with Crippen LogP contribution in [0.15, 0.2) is 48.8 Å². The number of benzene rings is 1. The van der Waals surface area contributed by atoms with Crippen LogP contribution in [0.5, 0.6) is 11.5 Å². The van der Waals surface area contributed by atoms with E-state index < -0.39 is 0 Å². The van der Waals surface area contributed by atoms with Gasteiger partial charge in [-0.25, -0.2) is 0 Å². The number of nitrogens with zero attached hydrogens (tertiary/aromatic N) is 2. The molecule has 1 amide bonds. The maximum absolute atomic E-state index is 12.8. The summed E-state index contributed by atoms with van der Waals surface area (Å²) in [6.45, 7) is 4.11. The van der Waals surface area contributed by atoms with Crippen LogP contribution in [0.2, 0.25) is 0 Å². The molecule has 1 aromatic heterocycles. The van der Waals surface area contributed by atoms with Crippen LogP contribution < -0.4 is 10.1 Å². The first kappa shape index (κ1) is 22.1. The molecule has 30 heavy (non-hydrogen) atoms. The number of nitrogens with one attached hydrogen (secondary N) is 1. The lowest BCUT2D eigenvalue weighted by atomic mass is 9.88. The molecule has 2 aromatic rings. The van der Waals surface area contributed by atoms with Gasteiger partial charge in [0.25, 0.3) is 0 Å². The minimum Gasteiger partial charge on any atom is -0.508 e. The van der Waals surface area contributed by atoms with Crippen molar-refractivity contribution < 1.29 is 19.4 Å². The fourth-order valence-corrected chi connectivity index (χ4v) is 3.82. The van der Waals surface area contributed by atoms with Gasteiger partial charge in [0, 0.05) is 52.0 Å². The van der Waals surface area contributed by atoms with E-state index >= 15 is 0 Å². The van der Waals surface area contributed by atoms with Gasteiger partial charge in [0.15, 0.2) is 0 Å². The maximum atomic E-state index is 12.8. The van der Waals surface area contributed by atoms with E-state index in [4.69, 9.17) is 9.47 Å². The average Bonchev–Trinajstić information content (AvgIpc) is 2.77. The van der Waals surface area contributed by atoms with E-state index in [9.17, 15) is 9.90 Å². The Balaban J connectivity index is 1.61. The summed E-state index contributed by atoms with van der Waals surface area (Å²) in [5.41, 5.74) is 1.11. The molecule has 1 fully saturated rings. The molecular formula is C23H31N3O4. The number of phenolic OH excluding ortho intramolecular Hbond substituents is 1. The van der Waals surface area contributed by atoms with Gasteiger partial charge < -0.3 is 19.9 Å². The van der Waals surface area contributed by atoms with E-state index in [1.54, 1.807) is 31.6 Å². The number of amides is 1. The van der Waals surface area contributed by atoms with Crippen LogP contribution in [0, 0.1) is 11.8 Å². The number of pyridine rings is 1. The Labute approximate surface area is 178 Å². The third-order valence-corrected chi connectivity index (χ3v) is 5.27.